The van der Waals surface area contributed by atoms with Crippen LogP contribution in [0.25, 0.3) is 5.69 Å². The highest BCUT2D eigenvalue weighted by Crippen LogP contribution is 2.34. The van der Waals surface area contributed by atoms with Gasteiger partial charge in [-0.25, -0.2) is 4.68 Å². The van der Waals surface area contributed by atoms with Crippen LogP contribution in [-0.2, 0) is 12.8 Å². The molecular formula is C11H8ClF3N2O. The van der Waals surface area contributed by atoms with Crippen molar-refractivity contribution in [2.75, 3.05) is 0 Å². The molecule has 0 aliphatic heterocycles. The summed E-state index contributed by atoms with van der Waals surface area (Å²) in [5, 5.41) is 12.7. The van der Waals surface area contributed by atoms with Crippen molar-refractivity contribution in [3.05, 3.63) is 46.7 Å². The molecular weight excluding hydrogens is 269 g/mol. The van der Waals surface area contributed by atoms with Crippen LogP contribution in [0.5, 0.6) is 0 Å². The zero-order valence-corrected chi connectivity index (χ0v) is 9.70. The van der Waals surface area contributed by atoms with E-state index < -0.39 is 11.7 Å². The lowest BCUT2D eigenvalue weighted by molar-refractivity contribution is -0.137. The number of halogens is 4. The zero-order chi connectivity index (χ0) is 13.3. The summed E-state index contributed by atoms with van der Waals surface area (Å²) < 4.78 is 39.4. The Morgan fingerprint density at radius 1 is 1.28 bits per heavy atom. The number of aromatic nitrogens is 2. The number of hydrogen-bond acceptors (Lipinski definition) is 2. The number of hydrogen-bond donors (Lipinski definition) is 1. The molecule has 18 heavy (non-hydrogen) atoms. The number of rotatable bonds is 2. The second-order valence-electron chi connectivity index (χ2n) is 3.55. The second kappa shape index (κ2) is 4.62. The molecule has 0 bridgehead atoms. The number of alkyl halides is 3. The highest BCUT2D eigenvalue weighted by Gasteiger charge is 2.34. The number of aliphatic hydroxyl groups is 1. The maximum atomic E-state index is 12.8. The number of nitrogens with zero attached hydrogens (tertiary/aromatic N) is 2. The van der Waals surface area contributed by atoms with Crippen LogP contribution in [0.4, 0.5) is 13.2 Å². The molecule has 0 saturated heterocycles. The average Bonchev–Trinajstić information content (AvgIpc) is 2.69. The largest absolute Gasteiger partial charge is 0.418 e. The Bertz CT molecular complexity index is 566. The summed E-state index contributed by atoms with van der Waals surface area (Å²) in [6.45, 7) is -0.382. The van der Waals surface area contributed by atoms with Crippen LogP contribution in [0.1, 0.15) is 11.1 Å². The lowest BCUT2D eigenvalue weighted by atomic mass is 10.1. The van der Waals surface area contributed by atoms with E-state index in [1.807, 2.05) is 0 Å². The summed E-state index contributed by atoms with van der Waals surface area (Å²) in [5.74, 6) is 0. The van der Waals surface area contributed by atoms with Gasteiger partial charge in [0.25, 0.3) is 0 Å². The van der Waals surface area contributed by atoms with Gasteiger partial charge in [0.1, 0.15) is 5.15 Å². The Morgan fingerprint density at radius 2 is 1.94 bits per heavy atom. The van der Waals surface area contributed by atoms with Crippen molar-refractivity contribution in [1.82, 2.24) is 9.78 Å². The molecule has 0 unspecified atom stereocenters. The van der Waals surface area contributed by atoms with Crippen molar-refractivity contribution in [3.63, 3.8) is 0 Å². The molecule has 2 rings (SSSR count). The minimum atomic E-state index is -4.49. The van der Waals surface area contributed by atoms with Crippen molar-refractivity contribution in [1.29, 1.82) is 0 Å². The molecule has 0 radical (unpaired) electrons. The first-order chi connectivity index (χ1) is 8.45. The normalized spacial score (nSPS) is 11.8. The van der Waals surface area contributed by atoms with E-state index in [2.05, 4.69) is 5.10 Å². The van der Waals surface area contributed by atoms with Gasteiger partial charge >= 0.3 is 6.18 Å². The summed E-state index contributed by atoms with van der Waals surface area (Å²) >= 11 is 5.85. The van der Waals surface area contributed by atoms with Gasteiger partial charge in [-0.15, -0.1) is 0 Å². The molecule has 0 spiro atoms. The van der Waals surface area contributed by atoms with Crippen molar-refractivity contribution in [2.45, 2.75) is 12.8 Å². The quantitative estimate of drug-likeness (QED) is 0.915. The smallest absolute Gasteiger partial charge is 0.392 e. The second-order valence-corrected chi connectivity index (χ2v) is 3.90. The third-order valence-electron chi connectivity index (χ3n) is 2.39. The van der Waals surface area contributed by atoms with Crippen LogP contribution >= 0.6 is 11.6 Å². The van der Waals surface area contributed by atoms with E-state index in [9.17, 15) is 13.2 Å². The Labute approximate surface area is 105 Å². The van der Waals surface area contributed by atoms with Crippen LogP contribution in [-0.4, -0.2) is 14.9 Å². The van der Waals surface area contributed by atoms with Gasteiger partial charge < -0.3 is 5.11 Å². The first kappa shape index (κ1) is 12.9. The first-order valence-electron chi connectivity index (χ1n) is 4.95. The zero-order valence-electron chi connectivity index (χ0n) is 8.95. The molecule has 1 aromatic heterocycles. The lowest BCUT2D eigenvalue weighted by Gasteiger charge is -2.13. The monoisotopic (exact) mass is 276 g/mol. The van der Waals surface area contributed by atoms with Crippen molar-refractivity contribution >= 4 is 11.6 Å². The first-order valence-corrected chi connectivity index (χ1v) is 5.33. The van der Waals surface area contributed by atoms with Gasteiger partial charge in [0, 0.05) is 5.56 Å². The third kappa shape index (κ3) is 2.21. The fraction of sp³-hybridized carbons (Fsp3) is 0.182. The van der Waals surface area contributed by atoms with E-state index in [0.29, 0.717) is 0 Å². The molecule has 96 valence electrons. The van der Waals surface area contributed by atoms with Gasteiger partial charge in [0.2, 0.25) is 0 Å². The van der Waals surface area contributed by atoms with Crippen molar-refractivity contribution in [3.8, 4) is 5.69 Å². The molecule has 0 aliphatic rings. The van der Waals surface area contributed by atoms with Crippen LogP contribution < -0.4 is 0 Å². The maximum Gasteiger partial charge on any atom is 0.418 e. The van der Waals surface area contributed by atoms with Gasteiger partial charge in [0.05, 0.1) is 24.1 Å². The predicted octanol–water partition coefficient (Wildman–Crippen LogP) is 3.04. The Balaban J connectivity index is 2.61. The van der Waals surface area contributed by atoms with Gasteiger partial charge in [0.15, 0.2) is 0 Å². The van der Waals surface area contributed by atoms with Gasteiger partial charge in [-0.2, -0.15) is 18.3 Å². The third-order valence-corrected chi connectivity index (χ3v) is 2.79. The summed E-state index contributed by atoms with van der Waals surface area (Å²) in [4.78, 5) is 0. The van der Waals surface area contributed by atoms with Crippen LogP contribution in [0, 0.1) is 0 Å². The maximum absolute atomic E-state index is 12.8. The van der Waals surface area contributed by atoms with E-state index in [0.717, 1.165) is 10.7 Å². The van der Waals surface area contributed by atoms with Crippen LogP contribution in [0.15, 0.2) is 30.5 Å². The minimum absolute atomic E-state index is 0.0331. The van der Waals surface area contributed by atoms with E-state index in [1.54, 1.807) is 0 Å². The lowest BCUT2D eigenvalue weighted by Crippen LogP contribution is -2.11. The molecule has 2 aromatic rings. The molecule has 0 fully saturated rings. The van der Waals surface area contributed by atoms with Gasteiger partial charge in [-0.1, -0.05) is 23.7 Å². The molecule has 1 N–H and O–H groups in total. The van der Waals surface area contributed by atoms with Crippen molar-refractivity contribution < 1.29 is 18.3 Å². The topological polar surface area (TPSA) is 38.1 Å². The highest BCUT2D eigenvalue weighted by molar-refractivity contribution is 6.30. The van der Waals surface area contributed by atoms with E-state index in [-0.39, 0.29) is 23.0 Å². The summed E-state index contributed by atoms with van der Waals surface area (Å²) in [5.41, 5.74) is -0.733. The van der Waals surface area contributed by atoms with Gasteiger partial charge in [-0.3, -0.25) is 0 Å². The molecule has 1 aromatic carbocycles. The minimum Gasteiger partial charge on any atom is -0.392 e. The molecule has 0 amide bonds. The number of para-hydroxylation sites is 1. The fourth-order valence-corrected chi connectivity index (χ4v) is 1.78. The predicted molar refractivity (Wildman–Crippen MR) is 59.5 cm³/mol. The Kier molecular flexibility index (Phi) is 3.32. The summed E-state index contributed by atoms with van der Waals surface area (Å²) in [7, 11) is 0. The summed E-state index contributed by atoms with van der Waals surface area (Å²) in [6.07, 6.45) is -3.26. The molecule has 3 nitrogen and oxygen atoms in total. The SMILES string of the molecule is OCc1cnn(-c2ccccc2C(F)(F)F)c1Cl. The van der Waals surface area contributed by atoms with Crippen molar-refractivity contribution in [2.24, 2.45) is 0 Å². The standard InChI is InChI=1S/C11H8ClF3N2O/c12-10-7(6-18)5-16-17(10)9-4-2-1-3-8(9)11(13,14)15/h1-5,18H,6H2. The highest BCUT2D eigenvalue weighted by atomic mass is 35.5. The van der Waals surface area contributed by atoms with Crippen LogP contribution in [0.2, 0.25) is 5.15 Å². The van der Waals surface area contributed by atoms with Crippen LogP contribution in [0.3, 0.4) is 0 Å². The van der Waals surface area contributed by atoms with E-state index in [1.165, 1.54) is 24.4 Å². The number of benzene rings is 1. The number of aliphatic hydroxyl groups excluding tert-OH is 1. The Hall–Kier alpha value is -1.53. The molecule has 1 heterocycles. The molecule has 0 saturated carbocycles. The average molecular weight is 277 g/mol. The Morgan fingerprint density at radius 3 is 2.50 bits per heavy atom. The van der Waals surface area contributed by atoms with Gasteiger partial charge in [-0.05, 0) is 12.1 Å². The summed E-state index contributed by atoms with van der Waals surface area (Å²) in [6, 6.07) is 4.96. The van der Waals surface area contributed by atoms with E-state index >= 15 is 0 Å². The molecule has 7 heteroatoms. The molecule has 0 atom stereocenters. The molecule has 0 aliphatic carbocycles. The fourth-order valence-electron chi connectivity index (χ4n) is 1.54. The van der Waals surface area contributed by atoms with E-state index in [4.69, 9.17) is 16.7 Å².